The molecule has 0 spiro atoms. The molecule has 20 heavy (non-hydrogen) atoms. The molecule has 0 radical (unpaired) electrons. The van der Waals surface area contributed by atoms with Gasteiger partial charge in [0.1, 0.15) is 5.75 Å². The average Bonchev–Trinajstić information content (AvgIpc) is 2.49. The average molecular weight is 291 g/mol. The predicted molar refractivity (Wildman–Crippen MR) is 82.2 cm³/mol. The van der Waals surface area contributed by atoms with Crippen molar-refractivity contribution < 1.29 is 9.13 Å². The van der Waals surface area contributed by atoms with E-state index >= 15 is 0 Å². The maximum Gasteiger partial charge on any atom is 0.166 e. The van der Waals surface area contributed by atoms with Crippen LogP contribution < -0.4 is 10.1 Å². The molecule has 4 heteroatoms. The second-order valence-corrected chi connectivity index (χ2v) is 5.36. The third-order valence-electron chi connectivity index (χ3n) is 3.18. The molecular weight excluding hydrogens is 273 g/mol. The number of halogens is 1. The molecule has 0 saturated heterocycles. The maximum absolute atomic E-state index is 14.0. The van der Waals surface area contributed by atoms with Gasteiger partial charge >= 0.3 is 0 Å². The van der Waals surface area contributed by atoms with E-state index < -0.39 is 0 Å². The van der Waals surface area contributed by atoms with Crippen LogP contribution in [0.5, 0.6) is 11.5 Å². The Balaban J connectivity index is 2.16. The van der Waals surface area contributed by atoms with Crippen LogP contribution in [0.2, 0.25) is 0 Å². The van der Waals surface area contributed by atoms with Gasteiger partial charge in [0.2, 0.25) is 0 Å². The van der Waals surface area contributed by atoms with Gasteiger partial charge in [-0.2, -0.15) is 0 Å². The lowest BCUT2D eigenvalue weighted by Gasteiger charge is -2.13. The minimum Gasteiger partial charge on any atom is -0.454 e. The van der Waals surface area contributed by atoms with Crippen molar-refractivity contribution in [1.82, 2.24) is 5.32 Å². The highest BCUT2D eigenvalue weighted by Crippen LogP contribution is 2.28. The van der Waals surface area contributed by atoms with E-state index in [1.807, 2.05) is 50.6 Å². The molecule has 0 aliphatic rings. The molecule has 0 aliphatic heterocycles. The van der Waals surface area contributed by atoms with Gasteiger partial charge in [0.25, 0.3) is 0 Å². The molecule has 0 saturated carbocycles. The molecule has 2 nitrogen and oxygen atoms in total. The molecule has 0 amide bonds. The standard InChI is InChI=1S/C16H18FNOS/c1-11(18-2)12-4-9-16(15(17)10-12)19-13-5-7-14(20-3)8-6-13/h4-11,18H,1-3H3. The molecule has 0 aliphatic carbocycles. The Bertz CT molecular complexity index is 571. The highest BCUT2D eigenvalue weighted by molar-refractivity contribution is 7.98. The van der Waals surface area contributed by atoms with E-state index in [2.05, 4.69) is 5.32 Å². The SMILES string of the molecule is CNC(C)c1ccc(Oc2ccc(SC)cc2)c(F)c1. The van der Waals surface area contributed by atoms with Crippen LogP contribution in [-0.2, 0) is 0 Å². The van der Waals surface area contributed by atoms with Gasteiger partial charge in [0, 0.05) is 10.9 Å². The first kappa shape index (κ1) is 14.9. The van der Waals surface area contributed by atoms with Gasteiger partial charge in [-0.15, -0.1) is 11.8 Å². The number of hydrogen-bond donors (Lipinski definition) is 1. The molecule has 0 aromatic heterocycles. The fourth-order valence-electron chi connectivity index (χ4n) is 1.81. The van der Waals surface area contributed by atoms with Gasteiger partial charge in [0.15, 0.2) is 11.6 Å². The quantitative estimate of drug-likeness (QED) is 0.812. The van der Waals surface area contributed by atoms with Gasteiger partial charge in [-0.3, -0.25) is 0 Å². The largest absolute Gasteiger partial charge is 0.454 e. The Kier molecular flexibility index (Phi) is 5.04. The van der Waals surface area contributed by atoms with Crippen LogP contribution in [0.1, 0.15) is 18.5 Å². The summed E-state index contributed by atoms with van der Waals surface area (Å²) in [5.74, 6) is 0.531. The van der Waals surface area contributed by atoms with Crippen LogP contribution >= 0.6 is 11.8 Å². The second-order valence-electron chi connectivity index (χ2n) is 4.48. The lowest BCUT2D eigenvalue weighted by Crippen LogP contribution is -2.12. The second kappa shape index (κ2) is 6.77. The summed E-state index contributed by atoms with van der Waals surface area (Å²) in [6.07, 6.45) is 2.01. The normalized spacial score (nSPS) is 12.2. The third kappa shape index (κ3) is 3.52. The maximum atomic E-state index is 14.0. The Morgan fingerprint density at radius 1 is 1.15 bits per heavy atom. The van der Waals surface area contributed by atoms with Crippen LogP contribution in [0.4, 0.5) is 4.39 Å². The summed E-state index contributed by atoms with van der Waals surface area (Å²) in [7, 11) is 1.85. The smallest absolute Gasteiger partial charge is 0.166 e. The molecule has 2 aromatic rings. The highest BCUT2D eigenvalue weighted by Gasteiger charge is 2.09. The summed E-state index contributed by atoms with van der Waals surface area (Å²) >= 11 is 1.66. The van der Waals surface area contributed by atoms with Gasteiger partial charge in [-0.1, -0.05) is 6.07 Å². The molecule has 0 bridgehead atoms. The van der Waals surface area contributed by atoms with Crippen molar-refractivity contribution in [2.45, 2.75) is 17.9 Å². The van der Waals surface area contributed by atoms with Crippen LogP contribution in [0.15, 0.2) is 47.4 Å². The van der Waals surface area contributed by atoms with E-state index in [0.717, 1.165) is 10.5 Å². The van der Waals surface area contributed by atoms with Crippen molar-refractivity contribution >= 4 is 11.8 Å². The molecule has 2 rings (SSSR count). The van der Waals surface area contributed by atoms with Crippen LogP contribution in [0.25, 0.3) is 0 Å². The predicted octanol–water partition coefficient (Wildman–Crippen LogP) is 4.62. The number of rotatable bonds is 5. The first-order valence-electron chi connectivity index (χ1n) is 6.42. The number of benzene rings is 2. The van der Waals surface area contributed by atoms with Crippen molar-refractivity contribution in [2.75, 3.05) is 13.3 Å². The molecule has 1 unspecified atom stereocenters. The van der Waals surface area contributed by atoms with Crippen molar-refractivity contribution in [3.63, 3.8) is 0 Å². The Labute approximate surface area is 123 Å². The zero-order valence-electron chi connectivity index (χ0n) is 11.8. The topological polar surface area (TPSA) is 21.3 Å². The van der Waals surface area contributed by atoms with Gasteiger partial charge in [-0.05, 0) is 62.2 Å². The minimum atomic E-state index is -0.349. The molecule has 0 fully saturated rings. The lowest BCUT2D eigenvalue weighted by molar-refractivity contribution is 0.440. The number of nitrogens with one attached hydrogen (secondary N) is 1. The third-order valence-corrected chi connectivity index (χ3v) is 3.92. The van der Waals surface area contributed by atoms with Crippen LogP contribution in [-0.4, -0.2) is 13.3 Å². The molecule has 1 N–H and O–H groups in total. The minimum absolute atomic E-state index is 0.111. The molecular formula is C16H18FNOS. The van der Waals surface area contributed by atoms with E-state index in [9.17, 15) is 4.39 Å². The molecule has 1 atom stereocenters. The molecule has 2 aromatic carbocycles. The number of ether oxygens (including phenoxy) is 1. The van der Waals surface area contributed by atoms with E-state index in [4.69, 9.17) is 4.74 Å². The van der Waals surface area contributed by atoms with Crippen molar-refractivity contribution in [3.8, 4) is 11.5 Å². The Hall–Kier alpha value is -1.52. The van der Waals surface area contributed by atoms with Gasteiger partial charge < -0.3 is 10.1 Å². The Morgan fingerprint density at radius 2 is 1.85 bits per heavy atom. The van der Waals surface area contributed by atoms with E-state index in [1.165, 1.54) is 6.07 Å². The van der Waals surface area contributed by atoms with E-state index in [1.54, 1.807) is 17.8 Å². The van der Waals surface area contributed by atoms with Gasteiger partial charge in [-0.25, -0.2) is 4.39 Å². The molecule has 0 heterocycles. The molecule has 106 valence electrons. The van der Waals surface area contributed by atoms with Crippen molar-refractivity contribution in [1.29, 1.82) is 0 Å². The summed E-state index contributed by atoms with van der Waals surface area (Å²) in [6.45, 7) is 1.98. The number of thioether (sulfide) groups is 1. The zero-order chi connectivity index (χ0) is 14.5. The van der Waals surface area contributed by atoms with E-state index in [-0.39, 0.29) is 17.6 Å². The van der Waals surface area contributed by atoms with Crippen molar-refractivity contribution in [3.05, 3.63) is 53.8 Å². The number of hydrogen-bond acceptors (Lipinski definition) is 3. The summed E-state index contributed by atoms with van der Waals surface area (Å²) in [6, 6.07) is 12.7. The fraction of sp³-hybridized carbons (Fsp3) is 0.250. The lowest BCUT2D eigenvalue weighted by atomic mass is 10.1. The first-order chi connectivity index (χ1) is 9.63. The Morgan fingerprint density at radius 3 is 2.40 bits per heavy atom. The first-order valence-corrected chi connectivity index (χ1v) is 7.65. The van der Waals surface area contributed by atoms with Crippen LogP contribution in [0, 0.1) is 5.82 Å². The monoisotopic (exact) mass is 291 g/mol. The van der Waals surface area contributed by atoms with Gasteiger partial charge in [0.05, 0.1) is 0 Å². The summed E-state index contributed by atoms with van der Waals surface area (Å²) in [4.78, 5) is 1.15. The summed E-state index contributed by atoms with van der Waals surface area (Å²) < 4.78 is 19.6. The zero-order valence-corrected chi connectivity index (χ0v) is 12.6. The van der Waals surface area contributed by atoms with E-state index in [0.29, 0.717) is 5.75 Å². The van der Waals surface area contributed by atoms with Crippen LogP contribution in [0.3, 0.4) is 0 Å². The fourth-order valence-corrected chi connectivity index (χ4v) is 2.21. The highest BCUT2D eigenvalue weighted by atomic mass is 32.2. The van der Waals surface area contributed by atoms with Crippen molar-refractivity contribution in [2.24, 2.45) is 0 Å². The summed E-state index contributed by atoms with van der Waals surface area (Å²) in [5, 5.41) is 3.08. The summed E-state index contributed by atoms with van der Waals surface area (Å²) in [5.41, 5.74) is 0.898.